The summed E-state index contributed by atoms with van der Waals surface area (Å²) in [5, 5.41) is 39.5. The van der Waals surface area contributed by atoms with E-state index in [2.05, 4.69) is 0 Å². The first-order chi connectivity index (χ1) is 26.9. The van der Waals surface area contributed by atoms with E-state index in [1.807, 2.05) is 88.3 Å². The first-order valence-electron chi connectivity index (χ1n) is 18.9. The topological polar surface area (TPSA) is 193 Å². The Kier molecular flexibility index (Phi) is 10.2. The van der Waals surface area contributed by atoms with Crippen LogP contribution in [0.15, 0.2) is 96.3 Å². The van der Waals surface area contributed by atoms with Crippen molar-refractivity contribution in [2.75, 3.05) is 0 Å². The molecule has 2 aliphatic carbocycles. The van der Waals surface area contributed by atoms with Crippen LogP contribution < -0.4 is 0 Å². The summed E-state index contributed by atoms with van der Waals surface area (Å²) >= 11 is 0. The van der Waals surface area contributed by atoms with Gasteiger partial charge in [0.2, 0.25) is 0 Å². The molecule has 2 fully saturated rings. The Bertz CT molecular complexity index is 2300. The van der Waals surface area contributed by atoms with Crippen molar-refractivity contribution in [2.45, 2.75) is 88.1 Å². The van der Waals surface area contributed by atoms with Crippen LogP contribution in [0.2, 0.25) is 0 Å². The number of allylic oxidation sites excluding steroid dienone is 2. The van der Waals surface area contributed by atoms with Gasteiger partial charge in [0, 0.05) is 36.4 Å². The van der Waals surface area contributed by atoms with Crippen LogP contribution in [0.3, 0.4) is 0 Å². The number of hydrogen-bond acceptors (Lipinski definition) is 8. The summed E-state index contributed by atoms with van der Waals surface area (Å²) in [5.41, 5.74) is 2.12. The summed E-state index contributed by atoms with van der Waals surface area (Å²) in [6.45, 7) is 0. The Morgan fingerprint density at radius 2 is 1.04 bits per heavy atom. The molecule has 2 spiro atoms. The molecule has 2 saturated carbocycles. The summed E-state index contributed by atoms with van der Waals surface area (Å²) in [6, 6.07) is 22.8. The summed E-state index contributed by atoms with van der Waals surface area (Å²) in [4.78, 5) is 73.8. The van der Waals surface area contributed by atoms with E-state index in [0.717, 1.165) is 47.9 Å². The van der Waals surface area contributed by atoms with Crippen LogP contribution in [0.1, 0.15) is 88.4 Å². The van der Waals surface area contributed by atoms with Gasteiger partial charge in [-0.2, -0.15) is 0 Å². The zero-order chi connectivity index (χ0) is 39.8. The van der Waals surface area contributed by atoms with Gasteiger partial charge in [0.1, 0.15) is 22.2 Å². The second kappa shape index (κ2) is 15.1. The number of carboxylic acid groups (broad SMARTS) is 2. The number of aliphatic carboxylic acids is 2. The predicted molar refractivity (Wildman–Crippen MR) is 205 cm³/mol. The minimum Gasteiger partial charge on any atom is -0.505 e. The number of aliphatic hydroxyl groups is 2. The first-order valence-corrected chi connectivity index (χ1v) is 18.9. The molecule has 0 radical (unpaired) electrons. The highest BCUT2D eigenvalue weighted by Gasteiger charge is 2.52. The average Bonchev–Trinajstić information content (AvgIpc) is 4.03. The molecular weight excluding hydrogens is 716 g/mol. The summed E-state index contributed by atoms with van der Waals surface area (Å²) < 4.78 is 3.65. The number of carbonyl (C=O) groups excluding carboxylic acids is 4. The maximum atomic E-state index is 13.3. The Morgan fingerprint density at radius 1 is 0.571 bits per heavy atom. The second-order valence-electron chi connectivity index (χ2n) is 14.9. The number of aromatic nitrogens is 2. The van der Waals surface area contributed by atoms with E-state index >= 15 is 0 Å². The molecule has 4 N–H and O–H groups in total. The van der Waals surface area contributed by atoms with Gasteiger partial charge in [-0.15, -0.1) is 0 Å². The second-order valence-corrected chi connectivity index (χ2v) is 14.9. The molecule has 2 aromatic heterocycles. The minimum absolute atomic E-state index is 0.242. The van der Waals surface area contributed by atoms with Gasteiger partial charge in [-0.3, -0.25) is 28.8 Å². The van der Waals surface area contributed by atoms with E-state index in [0.29, 0.717) is 37.1 Å². The maximum absolute atomic E-state index is 13.3. The monoisotopic (exact) mass is 758 g/mol. The zero-order valence-corrected chi connectivity index (χ0v) is 30.7. The number of fused-ring (bicyclic) bond motifs is 4. The van der Waals surface area contributed by atoms with Crippen molar-refractivity contribution in [3.05, 3.63) is 108 Å². The lowest BCUT2D eigenvalue weighted by molar-refractivity contribution is -0.139. The van der Waals surface area contributed by atoms with Gasteiger partial charge in [0.25, 0.3) is 0 Å². The standard InChI is InChI=1S/2C22H21NO5/c24-16(8-9-17(25)26)18-20(27)19-15(14-6-2-1-3-7-14)10-13-23(19)22(21(18)28)11-4-5-12-22;24-17(8-9-18(25)26)19-20(27)16-12-15(14-6-2-1-3-7-14)13-23(16)22(21(19)28)10-4-5-11-22/h1-3,6-7,10,13,27H,4-5,8-9,11-12H2,(H,25,26);1-3,6-7,12-13,27H,4-5,8-11H2,(H,25,26). The van der Waals surface area contributed by atoms with Gasteiger partial charge >= 0.3 is 11.9 Å². The number of nitrogens with zero attached hydrogens (tertiary/aromatic N) is 2. The summed E-state index contributed by atoms with van der Waals surface area (Å²) in [6.07, 6.45) is 8.20. The molecule has 12 heteroatoms. The molecule has 8 rings (SSSR count). The normalized spacial score (nSPS) is 17.8. The predicted octanol–water partition coefficient (Wildman–Crippen LogP) is 7.42. The molecule has 0 saturated heterocycles. The molecule has 12 nitrogen and oxygen atoms in total. The molecule has 0 bridgehead atoms. The number of rotatable bonds is 10. The highest BCUT2D eigenvalue weighted by Crippen LogP contribution is 2.49. The van der Waals surface area contributed by atoms with E-state index in [9.17, 15) is 39.0 Å². The van der Waals surface area contributed by atoms with Crippen molar-refractivity contribution in [1.29, 1.82) is 0 Å². The molecule has 0 amide bonds. The fourth-order valence-corrected chi connectivity index (χ4v) is 8.88. The zero-order valence-electron chi connectivity index (χ0n) is 30.7. The molecule has 0 atom stereocenters. The highest BCUT2D eigenvalue weighted by atomic mass is 16.4. The van der Waals surface area contributed by atoms with Gasteiger partial charge in [-0.1, -0.05) is 86.3 Å². The van der Waals surface area contributed by atoms with Crippen LogP contribution in [0.4, 0.5) is 0 Å². The van der Waals surface area contributed by atoms with Crippen molar-refractivity contribution < 1.29 is 49.2 Å². The lowest BCUT2D eigenvalue weighted by Crippen LogP contribution is -2.45. The van der Waals surface area contributed by atoms with Gasteiger partial charge in [0.05, 0.1) is 24.2 Å². The number of benzene rings is 2. The fourth-order valence-electron chi connectivity index (χ4n) is 8.88. The van der Waals surface area contributed by atoms with Gasteiger partial charge < -0.3 is 29.6 Å². The number of aliphatic hydroxyl groups excluding tert-OH is 2. The molecular formula is C44H42N2O10. The van der Waals surface area contributed by atoms with Crippen molar-refractivity contribution >= 4 is 46.6 Å². The molecule has 2 aromatic carbocycles. The molecule has 56 heavy (non-hydrogen) atoms. The Morgan fingerprint density at radius 3 is 1.54 bits per heavy atom. The number of carboxylic acids is 2. The molecule has 4 heterocycles. The van der Waals surface area contributed by atoms with Crippen LogP contribution in [0.25, 0.3) is 33.8 Å². The van der Waals surface area contributed by atoms with Crippen LogP contribution in [0, 0.1) is 0 Å². The van der Waals surface area contributed by atoms with Crippen molar-refractivity contribution in [3.63, 3.8) is 0 Å². The van der Waals surface area contributed by atoms with Gasteiger partial charge in [-0.05, 0) is 48.9 Å². The average molecular weight is 759 g/mol. The molecule has 4 aliphatic rings. The van der Waals surface area contributed by atoms with E-state index in [-0.39, 0.29) is 59.9 Å². The van der Waals surface area contributed by atoms with Crippen molar-refractivity contribution in [2.24, 2.45) is 0 Å². The first kappa shape index (κ1) is 38.0. The Balaban J connectivity index is 0.000000172. The van der Waals surface area contributed by atoms with Gasteiger partial charge in [0.15, 0.2) is 34.7 Å². The SMILES string of the molecule is O=C(O)CCC(=O)C1=C(O)c2c(-c3ccccc3)ccn2C2(CCCC2)C1=O.O=C(O)CCC(=O)C1=C(O)c2cc(-c3ccccc3)cn2C2(CCCC2)C1=O. The Hall–Kier alpha value is -6.30. The van der Waals surface area contributed by atoms with Gasteiger partial charge in [-0.25, -0.2) is 0 Å². The third-order valence-corrected chi connectivity index (χ3v) is 11.6. The quantitative estimate of drug-likeness (QED) is 0.118. The number of carbonyl (C=O) groups is 6. The minimum atomic E-state index is -1.11. The number of ketones is 4. The van der Waals surface area contributed by atoms with E-state index in [1.165, 1.54) is 0 Å². The van der Waals surface area contributed by atoms with E-state index in [4.69, 9.17) is 10.2 Å². The summed E-state index contributed by atoms with van der Waals surface area (Å²) in [7, 11) is 0. The third kappa shape index (κ3) is 6.48. The Labute approximate surface area is 322 Å². The molecule has 288 valence electrons. The lowest BCUT2D eigenvalue weighted by Gasteiger charge is -2.36. The largest absolute Gasteiger partial charge is 0.505 e. The smallest absolute Gasteiger partial charge is 0.303 e. The van der Waals surface area contributed by atoms with Crippen LogP contribution in [-0.2, 0) is 39.8 Å². The lowest BCUT2D eigenvalue weighted by atomic mass is 9.80. The highest BCUT2D eigenvalue weighted by molar-refractivity contribution is 6.29. The molecule has 2 aliphatic heterocycles. The van der Waals surface area contributed by atoms with Crippen LogP contribution in [-0.4, -0.2) is 64.6 Å². The fraction of sp³-hybridized carbons (Fsp3) is 0.318. The van der Waals surface area contributed by atoms with Crippen molar-refractivity contribution in [1.82, 2.24) is 9.13 Å². The van der Waals surface area contributed by atoms with Crippen molar-refractivity contribution in [3.8, 4) is 22.3 Å². The molecule has 4 aromatic rings. The number of Topliss-reactive ketones (excluding diaryl/α,β-unsaturated/α-hetero) is 4. The maximum Gasteiger partial charge on any atom is 0.303 e. The number of hydrogen-bond donors (Lipinski definition) is 4. The van der Waals surface area contributed by atoms with Crippen LogP contribution >= 0.6 is 0 Å². The third-order valence-electron chi connectivity index (χ3n) is 11.6. The van der Waals surface area contributed by atoms with Crippen LogP contribution in [0.5, 0.6) is 0 Å². The van der Waals surface area contributed by atoms with E-state index < -0.39 is 34.6 Å². The molecule has 0 unspecified atom stereocenters. The summed E-state index contributed by atoms with van der Waals surface area (Å²) in [5.74, 6) is -4.90. The van der Waals surface area contributed by atoms with E-state index in [1.54, 1.807) is 6.07 Å².